The Balaban J connectivity index is 2.03. The fourth-order valence-electron chi connectivity index (χ4n) is 2.30. The average Bonchev–Trinajstić information content (AvgIpc) is 2.60. The van der Waals surface area contributed by atoms with Gasteiger partial charge in [0.2, 0.25) is 0 Å². The Labute approximate surface area is 141 Å². The summed E-state index contributed by atoms with van der Waals surface area (Å²) < 4.78 is 10.7. The molecule has 0 aliphatic carbocycles. The Hall–Kier alpha value is -3.00. The Morgan fingerprint density at radius 1 is 1.21 bits per heavy atom. The van der Waals surface area contributed by atoms with Crippen LogP contribution in [-0.4, -0.2) is 19.6 Å². The van der Waals surface area contributed by atoms with Gasteiger partial charge in [0, 0.05) is 11.8 Å². The number of amides is 1. The van der Waals surface area contributed by atoms with Crippen molar-refractivity contribution in [3.8, 4) is 17.6 Å². The van der Waals surface area contributed by atoms with Crippen molar-refractivity contribution in [3.63, 3.8) is 0 Å². The third kappa shape index (κ3) is 4.26. The van der Waals surface area contributed by atoms with E-state index in [1.165, 1.54) is 7.11 Å². The lowest BCUT2D eigenvalue weighted by Gasteiger charge is -2.14. The molecule has 0 saturated heterocycles. The first-order valence-corrected chi connectivity index (χ1v) is 7.65. The van der Waals surface area contributed by atoms with Crippen molar-refractivity contribution in [1.82, 2.24) is 0 Å². The Bertz CT molecular complexity index is 763. The van der Waals surface area contributed by atoms with Crippen LogP contribution < -0.4 is 14.8 Å². The number of carbonyl (C=O) groups excluding carboxylic acids is 1. The largest absolute Gasteiger partial charge is 0.493 e. The average molecular weight is 324 g/mol. The molecule has 0 heterocycles. The van der Waals surface area contributed by atoms with Gasteiger partial charge in [-0.25, -0.2) is 0 Å². The van der Waals surface area contributed by atoms with Crippen LogP contribution >= 0.6 is 0 Å². The second-order valence-electron chi connectivity index (χ2n) is 5.56. The number of nitrogens with one attached hydrogen (secondary N) is 1. The molecule has 0 spiro atoms. The number of para-hydroxylation sites is 1. The molecule has 0 saturated carbocycles. The second-order valence-corrected chi connectivity index (χ2v) is 5.56. The highest BCUT2D eigenvalue weighted by atomic mass is 16.5. The number of carbonyl (C=O) groups is 1. The summed E-state index contributed by atoms with van der Waals surface area (Å²) >= 11 is 0. The van der Waals surface area contributed by atoms with Gasteiger partial charge in [0.05, 0.1) is 18.7 Å². The minimum atomic E-state index is -0.255. The van der Waals surface area contributed by atoms with Crippen LogP contribution in [0.15, 0.2) is 42.5 Å². The van der Waals surface area contributed by atoms with Gasteiger partial charge in [-0.2, -0.15) is 5.26 Å². The van der Waals surface area contributed by atoms with Crippen molar-refractivity contribution < 1.29 is 14.3 Å². The molecule has 0 aliphatic rings. The molecule has 0 fully saturated rings. The lowest BCUT2D eigenvalue weighted by Crippen LogP contribution is -2.21. The monoisotopic (exact) mass is 324 g/mol. The lowest BCUT2D eigenvalue weighted by atomic mass is 10.0. The van der Waals surface area contributed by atoms with E-state index in [0.29, 0.717) is 23.0 Å². The Kier molecular flexibility index (Phi) is 5.80. The van der Waals surface area contributed by atoms with Gasteiger partial charge >= 0.3 is 0 Å². The fourth-order valence-corrected chi connectivity index (χ4v) is 2.30. The molecular weight excluding hydrogens is 304 g/mol. The van der Waals surface area contributed by atoms with Gasteiger partial charge in [0.25, 0.3) is 5.91 Å². The summed E-state index contributed by atoms with van der Waals surface area (Å²) in [5.41, 5.74) is 2.32. The smallest absolute Gasteiger partial charge is 0.262 e. The molecule has 0 unspecified atom stereocenters. The van der Waals surface area contributed by atoms with Gasteiger partial charge in [-0.15, -0.1) is 0 Å². The number of benzene rings is 2. The second kappa shape index (κ2) is 8.02. The predicted octanol–water partition coefficient (Wildman–Crippen LogP) is 3.71. The van der Waals surface area contributed by atoms with Gasteiger partial charge < -0.3 is 14.8 Å². The first-order chi connectivity index (χ1) is 11.5. The maximum Gasteiger partial charge on any atom is 0.262 e. The minimum Gasteiger partial charge on any atom is -0.493 e. The molecule has 2 rings (SSSR count). The quantitative estimate of drug-likeness (QED) is 0.879. The van der Waals surface area contributed by atoms with Crippen LogP contribution in [0.1, 0.15) is 30.9 Å². The van der Waals surface area contributed by atoms with E-state index in [4.69, 9.17) is 14.7 Å². The molecule has 0 aliphatic heterocycles. The number of nitriles is 1. The van der Waals surface area contributed by atoms with E-state index < -0.39 is 0 Å². The van der Waals surface area contributed by atoms with Crippen molar-refractivity contribution in [2.45, 2.75) is 19.8 Å². The van der Waals surface area contributed by atoms with Crippen molar-refractivity contribution in [2.24, 2.45) is 0 Å². The van der Waals surface area contributed by atoms with Crippen LogP contribution in [0.25, 0.3) is 0 Å². The summed E-state index contributed by atoms with van der Waals surface area (Å²) in [6.07, 6.45) is 0. The zero-order valence-electron chi connectivity index (χ0n) is 14.0. The summed E-state index contributed by atoms with van der Waals surface area (Å²) in [5, 5.41) is 11.8. The number of rotatable bonds is 6. The van der Waals surface area contributed by atoms with Crippen LogP contribution in [0, 0.1) is 11.3 Å². The number of methoxy groups -OCH3 is 1. The third-order valence-electron chi connectivity index (χ3n) is 3.51. The standard InChI is InChI=1S/C19H20N2O3/c1-13(2)15-6-4-5-7-16(15)21-19(22)12-24-17-9-8-14(11-20)10-18(17)23-3/h4-10,13H,12H2,1-3H3,(H,21,22). The van der Waals surface area contributed by atoms with Crippen LogP contribution in [-0.2, 0) is 4.79 Å². The number of ether oxygens (including phenoxy) is 2. The van der Waals surface area contributed by atoms with Crippen molar-refractivity contribution >= 4 is 11.6 Å². The molecule has 0 atom stereocenters. The normalized spacial score (nSPS) is 10.1. The van der Waals surface area contributed by atoms with Crippen molar-refractivity contribution in [3.05, 3.63) is 53.6 Å². The van der Waals surface area contributed by atoms with Crippen molar-refractivity contribution in [1.29, 1.82) is 5.26 Å². The zero-order valence-corrected chi connectivity index (χ0v) is 14.0. The van der Waals surface area contributed by atoms with E-state index in [1.807, 2.05) is 30.3 Å². The number of hydrogen-bond donors (Lipinski definition) is 1. The van der Waals surface area contributed by atoms with Gasteiger partial charge in [-0.1, -0.05) is 32.0 Å². The summed E-state index contributed by atoms with van der Waals surface area (Å²) in [6, 6.07) is 14.5. The SMILES string of the molecule is COc1cc(C#N)ccc1OCC(=O)Nc1ccccc1C(C)C. The van der Waals surface area contributed by atoms with E-state index >= 15 is 0 Å². The lowest BCUT2D eigenvalue weighted by molar-refractivity contribution is -0.118. The molecule has 1 amide bonds. The predicted molar refractivity (Wildman–Crippen MR) is 92.4 cm³/mol. The molecule has 1 N–H and O–H groups in total. The molecule has 0 radical (unpaired) electrons. The van der Waals surface area contributed by atoms with Gasteiger partial charge in [-0.3, -0.25) is 4.79 Å². The summed E-state index contributed by atoms with van der Waals surface area (Å²) in [7, 11) is 1.49. The Morgan fingerprint density at radius 3 is 2.62 bits per heavy atom. The highest BCUT2D eigenvalue weighted by Gasteiger charge is 2.11. The maximum atomic E-state index is 12.2. The van der Waals surface area contributed by atoms with E-state index in [1.54, 1.807) is 18.2 Å². The third-order valence-corrected chi connectivity index (χ3v) is 3.51. The zero-order chi connectivity index (χ0) is 17.5. The molecule has 124 valence electrons. The van der Waals surface area contributed by atoms with E-state index in [2.05, 4.69) is 19.2 Å². The molecule has 24 heavy (non-hydrogen) atoms. The van der Waals surface area contributed by atoms with Crippen LogP contribution in [0.5, 0.6) is 11.5 Å². The summed E-state index contributed by atoms with van der Waals surface area (Å²) in [4.78, 5) is 12.2. The topological polar surface area (TPSA) is 71.3 Å². The van der Waals surface area contributed by atoms with E-state index in [0.717, 1.165) is 11.3 Å². The number of nitrogens with zero attached hydrogens (tertiary/aromatic N) is 1. The molecule has 0 bridgehead atoms. The van der Waals surface area contributed by atoms with E-state index in [9.17, 15) is 4.79 Å². The molecule has 0 aromatic heterocycles. The first kappa shape index (κ1) is 17.4. The molecular formula is C19H20N2O3. The van der Waals surface area contributed by atoms with Gasteiger partial charge in [0.1, 0.15) is 0 Å². The summed E-state index contributed by atoms with van der Waals surface area (Å²) in [6.45, 7) is 4.00. The number of anilines is 1. The Morgan fingerprint density at radius 2 is 1.96 bits per heavy atom. The highest BCUT2D eigenvalue weighted by molar-refractivity contribution is 5.92. The van der Waals surface area contributed by atoms with Crippen molar-refractivity contribution in [2.75, 3.05) is 19.0 Å². The van der Waals surface area contributed by atoms with Gasteiger partial charge in [0.15, 0.2) is 18.1 Å². The highest BCUT2D eigenvalue weighted by Crippen LogP contribution is 2.28. The van der Waals surface area contributed by atoms with Crippen LogP contribution in [0.3, 0.4) is 0 Å². The fraction of sp³-hybridized carbons (Fsp3) is 0.263. The summed E-state index contributed by atoms with van der Waals surface area (Å²) in [5.74, 6) is 0.892. The van der Waals surface area contributed by atoms with Gasteiger partial charge in [-0.05, 0) is 29.7 Å². The molecule has 5 nitrogen and oxygen atoms in total. The molecule has 2 aromatic carbocycles. The minimum absolute atomic E-state index is 0.144. The van der Waals surface area contributed by atoms with Crippen LogP contribution in [0.4, 0.5) is 5.69 Å². The molecule has 5 heteroatoms. The maximum absolute atomic E-state index is 12.2. The molecule has 2 aromatic rings. The first-order valence-electron chi connectivity index (χ1n) is 7.65. The number of hydrogen-bond acceptors (Lipinski definition) is 4. The van der Waals surface area contributed by atoms with Crippen LogP contribution in [0.2, 0.25) is 0 Å². The van der Waals surface area contributed by atoms with E-state index in [-0.39, 0.29) is 12.5 Å².